The second-order valence-corrected chi connectivity index (χ2v) is 3.74. The zero-order chi connectivity index (χ0) is 12.7. The molecule has 0 aromatic heterocycles. The van der Waals surface area contributed by atoms with E-state index in [1.54, 1.807) is 25.1 Å². The van der Waals surface area contributed by atoms with E-state index in [1.165, 1.54) is 6.07 Å². The van der Waals surface area contributed by atoms with Crippen molar-refractivity contribution >= 4 is 5.91 Å². The Kier molecular flexibility index (Phi) is 5.46. The summed E-state index contributed by atoms with van der Waals surface area (Å²) < 4.78 is 18.8. The molecule has 1 rings (SSSR count). The molecule has 0 saturated heterocycles. The predicted octanol–water partition coefficient (Wildman–Crippen LogP) is 2.51. The van der Waals surface area contributed by atoms with E-state index in [1.807, 2.05) is 6.92 Å². The van der Waals surface area contributed by atoms with Gasteiger partial charge in [-0.2, -0.15) is 0 Å². The smallest absolute Gasteiger partial charge is 0.219 e. The van der Waals surface area contributed by atoms with Crippen LogP contribution in [0.4, 0.5) is 4.39 Å². The molecule has 0 radical (unpaired) electrons. The van der Waals surface area contributed by atoms with Gasteiger partial charge < -0.3 is 10.1 Å². The molecule has 0 fully saturated rings. The Labute approximate surface area is 101 Å². The molecule has 0 heterocycles. The molecule has 17 heavy (non-hydrogen) atoms. The minimum atomic E-state index is -0.382. The van der Waals surface area contributed by atoms with Gasteiger partial charge in [0.2, 0.25) is 5.91 Å². The second kappa shape index (κ2) is 6.89. The molecule has 1 N–H and O–H groups in total. The maximum absolute atomic E-state index is 13.3. The van der Waals surface area contributed by atoms with Crippen LogP contribution >= 0.6 is 0 Å². The number of benzene rings is 1. The number of carbonyl (C=O) groups excluding carboxylic acids is 1. The topological polar surface area (TPSA) is 38.3 Å². The molecular formula is C13H18FNO2. The van der Waals surface area contributed by atoms with Gasteiger partial charge in [0.15, 0.2) is 11.6 Å². The molecule has 0 aliphatic heterocycles. The minimum Gasteiger partial charge on any atom is -0.486 e. The fourth-order valence-corrected chi connectivity index (χ4v) is 1.34. The van der Waals surface area contributed by atoms with Gasteiger partial charge in [0.25, 0.3) is 0 Å². The quantitative estimate of drug-likeness (QED) is 0.828. The number of amides is 1. The van der Waals surface area contributed by atoms with Crippen molar-refractivity contribution in [3.8, 4) is 5.75 Å². The van der Waals surface area contributed by atoms with Gasteiger partial charge in [0.05, 0.1) is 6.54 Å². The first kappa shape index (κ1) is 13.5. The molecule has 94 valence electrons. The van der Waals surface area contributed by atoms with E-state index in [2.05, 4.69) is 5.32 Å². The van der Waals surface area contributed by atoms with Gasteiger partial charge in [-0.1, -0.05) is 26.0 Å². The average molecular weight is 239 g/mol. The third-order valence-corrected chi connectivity index (χ3v) is 2.43. The summed E-state index contributed by atoms with van der Waals surface area (Å²) in [6.45, 7) is 4.12. The third kappa shape index (κ3) is 4.43. The van der Waals surface area contributed by atoms with E-state index < -0.39 is 0 Å². The molecule has 4 heteroatoms. The van der Waals surface area contributed by atoms with E-state index in [9.17, 15) is 9.18 Å². The van der Waals surface area contributed by atoms with Crippen molar-refractivity contribution in [3.63, 3.8) is 0 Å². The molecule has 0 saturated carbocycles. The second-order valence-electron chi connectivity index (χ2n) is 3.74. The standard InChI is InChI=1S/C13H18FNO2/c1-3-10(9-15-13(16)4-2)17-12-8-6-5-7-11(12)14/h5-8,10H,3-4,9H2,1-2H3,(H,15,16)/t10-/m0/s1. The molecule has 0 unspecified atom stereocenters. The number of rotatable bonds is 6. The molecule has 1 aromatic rings. The summed E-state index contributed by atoms with van der Waals surface area (Å²) >= 11 is 0. The molecule has 1 amide bonds. The summed E-state index contributed by atoms with van der Waals surface area (Å²) in [5.74, 6) is -0.182. The van der Waals surface area contributed by atoms with Gasteiger partial charge in [0.1, 0.15) is 6.10 Å². The first-order chi connectivity index (χ1) is 8.17. The van der Waals surface area contributed by atoms with Crippen molar-refractivity contribution in [2.75, 3.05) is 6.54 Å². The Bertz CT molecular complexity index is 368. The van der Waals surface area contributed by atoms with Gasteiger partial charge in [-0.05, 0) is 18.6 Å². The maximum atomic E-state index is 13.3. The van der Waals surface area contributed by atoms with Crippen LogP contribution in [0, 0.1) is 5.82 Å². The lowest BCUT2D eigenvalue weighted by Gasteiger charge is -2.18. The first-order valence-electron chi connectivity index (χ1n) is 5.85. The monoisotopic (exact) mass is 239 g/mol. The van der Waals surface area contributed by atoms with Crippen molar-refractivity contribution in [2.45, 2.75) is 32.8 Å². The lowest BCUT2D eigenvalue weighted by Crippen LogP contribution is -2.34. The summed E-state index contributed by atoms with van der Waals surface area (Å²) in [4.78, 5) is 11.1. The highest BCUT2D eigenvalue weighted by Gasteiger charge is 2.11. The van der Waals surface area contributed by atoms with E-state index in [4.69, 9.17) is 4.74 Å². The van der Waals surface area contributed by atoms with Crippen LogP contribution < -0.4 is 10.1 Å². The van der Waals surface area contributed by atoms with Crippen LogP contribution in [0.5, 0.6) is 5.75 Å². The zero-order valence-electron chi connectivity index (χ0n) is 10.2. The molecule has 3 nitrogen and oxygen atoms in total. The summed E-state index contributed by atoms with van der Waals surface area (Å²) in [5, 5.41) is 2.74. The molecule has 0 spiro atoms. The highest BCUT2D eigenvalue weighted by Crippen LogP contribution is 2.17. The molecule has 0 bridgehead atoms. The molecule has 0 aliphatic carbocycles. The summed E-state index contributed by atoms with van der Waals surface area (Å²) in [6, 6.07) is 6.27. The highest BCUT2D eigenvalue weighted by molar-refractivity contribution is 5.75. The fourth-order valence-electron chi connectivity index (χ4n) is 1.34. The largest absolute Gasteiger partial charge is 0.486 e. The van der Waals surface area contributed by atoms with Crippen LogP contribution in [0.2, 0.25) is 0 Å². The van der Waals surface area contributed by atoms with Crippen molar-refractivity contribution in [3.05, 3.63) is 30.1 Å². The van der Waals surface area contributed by atoms with Crippen LogP contribution in [-0.4, -0.2) is 18.6 Å². The van der Waals surface area contributed by atoms with Gasteiger partial charge in [0, 0.05) is 6.42 Å². The number of para-hydroxylation sites is 1. The molecular weight excluding hydrogens is 221 g/mol. The Morgan fingerprint density at radius 3 is 2.71 bits per heavy atom. The Hall–Kier alpha value is -1.58. The van der Waals surface area contributed by atoms with Crippen LogP contribution in [0.15, 0.2) is 24.3 Å². The molecule has 1 atom stereocenters. The van der Waals surface area contributed by atoms with Crippen LogP contribution in [-0.2, 0) is 4.79 Å². The van der Waals surface area contributed by atoms with Crippen LogP contribution in [0.3, 0.4) is 0 Å². The average Bonchev–Trinajstić information content (AvgIpc) is 2.36. The Balaban J connectivity index is 2.52. The van der Waals surface area contributed by atoms with Crippen molar-refractivity contribution in [1.29, 1.82) is 0 Å². The van der Waals surface area contributed by atoms with Gasteiger partial charge >= 0.3 is 0 Å². The Morgan fingerprint density at radius 1 is 1.41 bits per heavy atom. The summed E-state index contributed by atoms with van der Waals surface area (Å²) in [5.41, 5.74) is 0. The van der Waals surface area contributed by atoms with Gasteiger partial charge in [-0.3, -0.25) is 4.79 Å². The van der Waals surface area contributed by atoms with Crippen molar-refractivity contribution < 1.29 is 13.9 Å². The first-order valence-corrected chi connectivity index (χ1v) is 5.85. The lowest BCUT2D eigenvalue weighted by atomic mass is 10.2. The maximum Gasteiger partial charge on any atom is 0.219 e. The minimum absolute atomic E-state index is 0.0272. The zero-order valence-corrected chi connectivity index (χ0v) is 10.2. The van der Waals surface area contributed by atoms with Crippen LogP contribution in [0.1, 0.15) is 26.7 Å². The SMILES string of the molecule is CCC(=O)NC[C@H](CC)Oc1ccccc1F. The fraction of sp³-hybridized carbons (Fsp3) is 0.462. The number of hydrogen-bond acceptors (Lipinski definition) is 2. The molecule has 0 aliphatic rings. The number of nitrogens with one attached hydrogen (secondary N) is 1. The predicted molar refractivity (Wildman–Crippen MR) is 64.4 cm³/mol. The van der Waals surface area contributed by atoms with Gasteiger partial charge in [-0.25, -0.2) is 4.39 Å². The lowest BCUT2D eigenvalue weighted by molar-refractivity contribution is -0.121. The number of halogens is 1. The Morgan fingerprint density at radius 2 is 2.12 bits per heavy atom. The number of carbonyl (C=O) groups is 1. The third-order valence-electron chi connectivity index (χ3n) is 2.43. The van der Waals surface area contributed by atoms with E-state index >= 15 is 0 Å². The molecule has 1 aromatic carbocycles. The number of ether oxygens (including phenoxy) is 1. The van der Waals surface area contributed by atoms with E-state index in [0.29, 0.717) is 19.4 Å². The highest BCUT2D eigenvalue weighted by atomic mass is 19.1. The van der Waals surface area contributed by atoms with Crippen LogP contribution in [0.25, 0.3) is 0 Å². The number of hydrogen-bond donors (Lipinski definition) is 1. The van der Waals surface area contributed by atoms with Crippen molar-refractivity contribution in [2.24, 2.45) is 0 Å². The van der Waals surface area contributed by atoms with E-state index in [0.717, 1.165) is 0 Å². The normalized spacial score (nSPS) is 11.9. The summed E-state index contributed by atoms with van der Waals surface area (Å²) in [6.07, 6.45) is 0.941. The van der Waals surface area contributed by atoms with Gasteiger partial charge in [-0.15, -0.1) is 0 Å². The van der Waals surface area contributed by atoms with Crippen molar-refractivity contribution in [1.82, 2.24) is 5.32 Å². The van der Waals surface area contributed by atoms with E-state index in [-0.39, 0.29) is 23.6 Å². The summed E-state index contributed by atoms with van der Waals surface area (Å²) in [7, 11) is 0.